The number of hydrogen-bond acceptors (Lipinski definition) is 6. The zero-order valence-corrected chi connectivity index (χ0v) is 22.7. The van der Waals surface area contributed by atoms with E-state index >= 15 is 0 Å². The van der Waals surface area contributed by atoms with Crippen LogP contribution in [0.25, 0.3) is 6.08 Å². The van der Waals surface area contributed by atoms with Gasteiger partial charge >= 0.3 is 0 Å². The smallest absolute Gasteiger partial charge is 0.293 e. The Labute approximate surface area is 230 Å². The Balaban J connectivity index is 1.54. The molecule has 0 aliphatic carbocycles. The number of methoxy groups -OCH3 is 1. The average molecular weight is 604 g/mol. The predicted octanol–water partition coefficient (Wildman–Crippen LogP) is 7.45. The Morgan fingerprint density at radius 1 is 1.11 bits per heavy atom. The summed E-state index contributed by atoms with van der Waals surface area (Å²) in [6, 6.07) is 17.7. The fourth-order valence-electron chi connectivity index (χ4n) is 3.42. The van der Waals surface area contributed by atoms with Crippen molar-refractivity contribution >= 4 is 68.1 Å². The van der Waals surface area contributed by atoms with Crippen LogP contribution in [0.4, 0.5) is 4.79 Å². The molecule has 1 heterocycles. The van der Waals surface area contributed by atoms with Gasteiger partial charge in [-0.05, 0) is 81.3 Å². The van der Waals surface area contributed by atoms with Crippen LogP contribution >= 0.6 is 50.9 Å². The van der Waals surface area contributed by atoms with E-state index in [1.54, 1.807) is 48.5 Å². The van der Waals surface area contributed by atoms with Crippen molar-refractivity contribution in [2.24, 2.45) is 0 Å². The van der Waals surface area contributed by atoms with E-state index in [1.807, 2.05) is 12.1 Å². The third-order valence-corrected chi connectivity index (χ3v) is 7.47. The topological polar surface area (TPSA) is 79.6 Å². The van der Waals surface area contributed by atoms with Crippen molar-refractivity contribution in [3.8, 4) is 17.6 Å². The van der Waals surface area contributed by atoms with E-state index < -0.39 is 11.1 Å². The molecule has 0 aromatic heterocycles. The summed E-state index contributed by atoms with van der Waals surface area (Å²) in [5.41, 5.74) is 2.61. The van der Waals surface area contributed by atoms with Crippen molar-refractivity contribution in [1.29, 1.82) is 5.26 Å². The van der Waals surface area contributed by atoms with E-state index in [9.17, 15) is 9.59 Å². The Bertz CT molecular complexity index is 1400. The van der Waals surface area contributed by atoms with Gasteiger partial charge in [-0.25, -0.2) is 0 Å². The summed E-state index contributed by atoms with van der Waals surface area (Å²) in [4.78, 5) is 27.0. The standard InChI is InChI=1S/C26H17BrCl2N2O4S/c1-34-22-10-17(9-19(27)24(22)35-14-16-7-5-15(12-30)6-8-16)11-23-25(32)31(26(33)36-23)13-18-20(28)3-2-4-21(18)29/h2-11H,13-14H2,1H3/b23-11+. The molecule has 0 saturated carbocycles. The monoisotopic (exact) mass is 602 g/mol. The van der Waals surface area contributed by atoms with Gasteiger partial charge in [-0.1, -0.05) is 41.4 Å². The number of benzene rings is 3. The SMILES string of the molecule is COc1cc(/C=C2/SC(=O)N(Cc3c(Cl)cccc3Cl)C2=O)cc(Br)c1OCc1ccc(C#N)cc1. The van der Waals surface area contributed by atoms with Crippen LogP contribution in [0.1, 0.15) is 22.3 Å². The number of carbonyl (C=O) groups is 2. The van der Waals surface area contributed by atoms with Gasteiger partial charge < -0.3 is 9.47 Å². The molecule has 0 spiro atoms. The molecule has 0 radical (unpaired) electrons. The largest absolute Gasteiger partial charge is 0.493 e. The van der Waals surface area contributed by atoms with Crippen LogP contribution in [0.2, 0.25) is 10.0 Å². The highest BCUT2D eigenvalue weighted by atomic mass is 79.9. The molecule has 4 rings (SSSR count). The fourth-order valence-corrected chi connectivity index (χ4v) is 5.35. The molecule has 36 heavy (non-hydrogen) atoms. The first-order chi connectivity index (χ1) is 17.3. The van der Waals surface area contributed by atoms with Crippen molar-refractivity contribution in [3.63, 3.8) is 0 Å². The molecule has 6 nitrogen and oxygen atoms in total. The molecule has 0 unspecified atom stereocenters. The summed E-state index contributed by atoms with van der Waals surface area (Å²) in [5, 5.41) is 9.30. The lowest BCUT2D eigenvalue weighted by molar-refractivity contribution is -0.123. The van der Waals surface area contributed by atoms with Crippen molar-refractivity contribution < 1.29 is 19.1 Å². The molecule has 3 aromatic rings. The van der Waals surface area contributed by atoms with Crippen molar-refractivity contribution in [2.45, 2.75) is 13.2 Å². The molecule has 1 aliphatic rings. The molecule has 10 heteroatoms. The maximum absolute atomic E-state index is 13.0. The number of amides is 2. The number of nitrogens with zero attached hydrogens (tertiary/aromatic N) is 2. The minimum Gasteiger partial charge on any atom is -0.493 e. The van der Waals surface area contributed by atoms with Crippen LogP contribution in [0.15, 0.2) is 64.0 Å². The highest BCUT2D eigenvalue weighted by Gasteiger charge is 2.35. The van der Waals surface area contributed by atoms with Gasteiger partial charge in [0.2, 0.25) is 0 Å². The van der Waals surface area contributed by atoms with Gasteiger partial charge in [0, 0.05) is 15.6 Å². The lowest BCUT2D eigenvalue weighted by atomic mass is 10.1. The van der Waals surface area contributed by atoms with E-state index in [-0.39, 0.29) is 18.1 Å². The summed E-state index contributed by atoms with van der Waals surface area (Å²) in [6.45, 7) is 0.249. The molecular weight excluding hydrogens is 587 g/mol. The normalized spacial score (nSPS) is 14.3. The third kappa shape index (κ3) is 5.71. The molecule has 1 fully saturated rings. The second-order valence-electron chi connectivity index (χ2n) is 7.60. The van der Waals surface area contributed by atoms with Crippen LogP contribution in [0, 0.1) is 11.3 Å². The van der Waals surface area contributed by atoms with Gasteiger partial charge in [-0.2, -0.15) is 5.26 Å². The second kappa shape index (κ2) is 11.4. The molecule has 182 valence electrons. The summed E-state index contributed by atoms with van der Waals surface area (Å²) >= 11 is 16.8. The minimum absolute atomic E-state index is 0.0182. The maximum atomic E-state index is 13.0. The van der Waals surface area contributed by atoms with E-state index in [4.69, 9.17) is 37.9 Å². The summed E-state index contributed by atoms with van der Waals surface area (Å²) in [7, 11) is 1.52. The zero-order valence-electron chi connectivity index (χ0n) is 18.8. The lowest BCUT2D eigenvalue weighted by Crippen LogP contribution is -2.27. The molecule has 0 atom stereocenters. The number of hydrogen-bond donors (Lipinski definition) is 0. The Kier molecular flexibility index (Phi) is 8.27. The van der Waals surface area contributed by atoms with E-state index in [0.29, 0.717) is 42.7 Å². The van der Waals surface area contributed by atoms with E-state index in [1.165, 1.54) is 7.11 Å². The second-order valence-corrected chi connectivity index (χ2v) is 10.3. The van der Waals surface area contributed by atoms with Gasteiger partial charge in [0.05, 0.1) is 34.7 Å². The third-order valence-electron chi connectivity index (χ3n) is 5.27. The zero-order chi connectivity index (χ0) is 25.8. The molecule has 1 aliphatic heterocycles. The van der Waals surface area contributed by atoms with Crippen LogP contribution in [-0.2, 0) is 17.9 Å². The minimum atomic E-state index is -0.433. The highest BCUT2D eigenvalue weighted by molar-refractivity contribution is 9.10. The van der Waals surface area contributed by atoms with Crippen LogP contribution in [0.3, 0.4) is 0 Å². The van der Waals surface area contributed by atoms with Crippen LogP contribution in [-0.4, -0.2) is 23.2 Å². The summed E-state index contributed by atoms with van der Waals surface area (Å²) < 4.78 is 12.1. The van der Waals surface area contributed by atoms with Gasteiger partial charge in [0.25, 0.3) is 11.1 Å². The first kappa shape index (κ1) is 26.1. The number of nitriles is 1. The van der Waals surface area contributed by atoms with Gasteiger partial charge in [-0.15, -0.1) is 0 Å². The maximum Gasteiger partial charge on any atom is 0.293 e. The molecule has 0 bridgehead atoms. The number of halogens is 3. The quantitative estimate of drug-likeness (QED) is 0.261. The summed E-state index contributed by atoms with van der Waals surface area (Å²) in [5.74, 6) is 0.504. The molecule has 2 amide bonds. The van der Waals surface area contributed by atoms with Crippen molar-refractivity contribution in [2.75, 3.05) is 7.11 Å². The van der Waals surface area contributed by atoms with Gasteiger partial charge in [-0.3, -0.25) is 14.5 Å². The van der Waals surface area contributed by atoms with Crippen LogP contribution < -0.4 is 9.47 Å². The van der Waals surface area contributed by atoms with Crippen molar-refractivity contribution in [3.05, 3.63) is 96.3 Å². The first-order valence-corrected chi connectivity index (χ1v) is 12.8. The van der Waals surface area contributed by atoms with Crippen molar-refractivity contribution in [1.82, 2.24) is 4.90 Å². The summed E-state index contributed by atoms with van der Waals surface area (Å²) in [6.07, 6.45) is 1.62. The highest BCUT2D eigenvalue weighted by Crippen LogP contribution is 2.40. The van der Waals surface area contributed by atoms with Crippen LogP contribution in [0.5, 0.6) is 11.5 Å². The van der Waals surface area contributed by atoms with Gasteiger partial charge in [0.1, 0.15) is 6.61 Å². The van der Waals surface area contributed by atoms with E-state index in [2.05, 4.69) is 22.0 Å². The molecule has 3 aromatic carbocycles. The Morgan fingerprint density at radius 2 is 1.81 bits per heavy atom. The molecular formula is C26H17BrCl2N2O4S. The Hall–Kier alpha value is -2.96. The number of ether oxygens (including phenoxy) is 2. The number of thioether (sulfide) groups is 1. The fraction of sp³-hybridized carbons (Fsp3) is 0.115. The van der Waals surface area contributed by atoms with E-state index in [0.717, 1.165) is 22.2 Å². The predicted molar refractivity (Wildman–Crippen MR) is 144 cm³/mol. The lowest BCUT2D eigenvalue weighted by Gasteiger charge is -2.15. The number of rotatable bonds is 7. The van der Waals surface area contributed by atoms with Gasteiger partial charge in [0.15, 0.2) is 11.5 Å². The average Bonchev–Trinajstić information content (AvgIpc) is 3.12. The first-order valence-electron chi connectivity index (χ1n) is 10.5. The molecule has 0 N–H and O–H groups in total. The Morgan fingerprint density at radius 3 is 2.44 bits per heavy atom. The number of imide groups is 1. The number of carbonyl (C=O) groups excluding carboxylic acids is 2. The molecule has 1 saturated heterocycles.